The molecule has 8 heteroatoms. The summed E-state index contributed by atoms with van der Waals surface area (Å²) in [7, 11) is 0. The number of esters is 1. The SMILES string of the molecule is O=C(OCc1cccc([N+](=O)[O-])c1)c1ccc2c(c1)C(=O)N(c1cccc3ccccc13)C2=O. The molecule has 0 unspecified atom stereocenters. The number of ether oxygens (including phenoxy) is 1. The van der Waals surface area contributed by atoms with E-state index >= 15 is 0 Å². The Balaban J connectivity index is 1.40. The van der Waals surface area contributed by atoms with Gasteiger partial charge in [0.15, 0.2) is 0 Å². The number of benzene rings is 4. The van der Waals surface area contributed by atoms with Crippen LogP contribution in [0.15, 0.2) is 84.9 Å². The summed E-state index contributed by atoms with van der Waals surface area (Å²) in [6.07, 6.45) is 0. The van der Waals surface area contributed by atoms with Crippen LogP contribution in [-0.2, 0) is 11.3 Å². The highest BCUT2D eigenvalue weighted by atomic mass is 16.6. The van der Waals surface area contributed by atoms with Crippen LogP contribution in [0.3, 0.4) is 0 Å². The lowest BCUT2D eigenvalue weighted by molar-refractivity contribution is -0.384. The number of nitrogens with zero attached hydrogens (tertiary/aromatic N) is 2. The lowest BCUT2D eigenvalue weighted by atomic mass is 10.1. The zero-order chi connectivity index (χ0) is 23.8. The quantitative estimate of drug-likeness (QED) is 0.184. The van der Waals surface area contributed by atoms with E-state index in [1.807, 2.05) is 30.3 Å². The molecule has 0 N–H and O–H groups in total. The third-order valence-electron chi connectivity index (χ3n) is 5.62. The molecule has 0 aromatic heterocycles. The van der Waals surface area contributed by atoms with Crippen LogP contribution in [-0.4, -0.2) is 22.7 Å². The van der Waals surface area contributed by atoms with Gasteiger partial charge >= 0.3 is 5.97 Å². The molecule has 34 heavy (non-hydrogen) atoms. The second-order valence-electron chi connectivity index (χ2n) is 7.71. The Morgan fingerprint density at radius 2 is 1.59 bits per heavy atom. The van der Waals surface area contributed by atoms with E-state index in [1.54, 1.807) is 18.2 Å². The Hall–Kier alpha value is -4.85. The minimum Gasteiger partial charge on any atom is -0.457 e. The molecule has 0 saturated heterocycles. The van der Waals surface area contributed by atoms with Gasteiger partial charge in [0.05, 0.1) is 27.3 Å². The minimum absolute atomic E-state index is 0.102. The third kappa shape index (κ3) is 3.57. The summed E-state index contributed by atoms with van der Waals surface area (Å²) >= 11 is 0. The molecule has 1 aliphatic rings. The molecular formula is C26H16N2O6. The summed E-state index contributed by atoms with van der Waals surface area (Å²) in [4.78, 5) is 50.3. The molecular weight excluding hydrogens is 436 g/mol. The number of carbonyl (C=O) groups excluding carboxylic acids is 3. The zero-order valence-electron chi connectivity index (χ0n) is 17.6. The van der Waals surface area contributed by atoms with Gasteiger partial charge in [-0.3, -0.25) is 19.7 Å². The van der Waals surface area contributed by atoms with E-state index in [4.69, 9.17) is 4.74 Å². The summed E-state index contributed by atoms with van der Waals surface area (Å²) in [6, 6.07) is 22.8. The highest BCUT2D eigenvalue weighted by Crippen LogP contribution is 2.34. The number of hydrogen-bond donors (Lipinski definition) is 0. The number of anilines is 1. The lowest BCUT2D eigenvalue weighted by Gasteiger charge is -2.16. The van der Waals surface area contributed by atoms with Crippen molar-refractivity contribution in [1.82, 2.24) is 0 Å². The van der Waals surface area contributed by atoms with Crippen LogP contribution < -0.4 is 4.90 Å². The van der Waals surface area contributed by atoms with E-state index in [1.165, 1.54) is 36.4 Å². The zero-order valence-corrected chi connectivity index (χ0v) is 17.6. The van der Waals surface area contributed by atoms with Gasteiger partial charge in [-0.1, -0.05) is 48.5 Å². The number of amides is 2. The van der Waals surface area contributed by atoms with Gasteiger partial charge in [0.25, 0.3) is 17.5 Å². The third-order valence-corrected chi connectivity index (χ3v) is 5.62. The fraction of sp³-hybridized carbons (Fsp3) is 0.0385. The molecule has 4 aromatic rings. The molecule has 0 fully saturated rings. The maximum atomic E-state index is 13.2. The number of hydrogen-bond acceptors (Lipinski definition) is 6. The van der Waals surface area contributed by atoms with E-state index < -0.39 is 22.7 Å². The van der Waals surface area contributed by atoms with E-state index in [0.717, 1.165) is 15.7 Å². The molecule has 8 nitrogen and oxygen atoms in total. The molecule has 0 bridgehead atoms. The van der Waals surface area contributed by atoms with Crippen molar-refractivity contribution in [3.8, 4) is 0 Å². The number of imide groups is 1. The Morgan fingerprint density at radius 1 is 0.853 bits per heavy atom. The van der Waals surface area contributed by atoms with Crippen molar-refractivity contribution in [3.05, 3.63) is 117 Å². The number of non-ortho nitro benzene ring substituents is 1. The lowest BCUT2D eigenvalue weighted by Crippen LogP contribution is -2.29. The molecule has 0 atom stereocenters. The summed E-state index contributed by atoms with van der Waals surface area (Å²) < 4.78 is 5.27. The number of nitro benzene ring substituents is 1. The van der Waals surface area contributed by atoms with E-state index in [-0.39, 0.29) is 29.0 Å². The van der Waals surface area contributed by atoms with Gasteiger partial charge in [0, 0.05) is 17.5 Å². The Bertz CT molecular complexity index is 1510. The first kappa shape index (κ1) is 21.0. The minimum atomic E-state index is -0.710. The Kier molecular flexibility index (Phi) is 5.10. The van der Waals surface area contributed by atoms with Gasteiger partial charge < -0.3 is 4.74 Å². The standard InChI is InChI=1S/C26H16N2O6/c29-24-21-12-11-18(26(31)34-15-16-5-3-8-19(13-16)28(32)33)14-22(21)25(30)27(24)23-10-4-7-17-6-1-2-9-20(17)23/h1-14H,15H2. The largest absolute Gasteiger partial charge is 0.457 e. The van der Waals surface area contributed by atoms with Crippen LogP contribution in [0.25, 0.3) is 10.8 Å². The highest BCUT2D eigenvalue weighted by Gasteiger charge is 2.38. The number of fused-ring (bicyclic) bond motifs is 2. The van der Waals surface area contributed by atoms with Crippen LogP contribution in [0, 0.1) is 10.1 Å². The summed E-state index contributed by atoms with van der Waals surface area (Å²) in [5.41, 5.74) is 1.24. The predicted molar refractivity (Wildman–Crippen MR) is 124 cm³/mol. The fourth-order valence-corrected chi connectivity index (χ4v) is 3.98. The molecule has 0 saturated carbocycles. The van der Waals surface area contributed by atoms with E-state index in [0.29, 0.717) is 11.3 Å². The first-order chi connectivity index (χ1) is 16.4. The molecule has 1 aliphatic heterocycles. The molecule has 0 spiro atoms. The van der Waals surface area contributed by atoms with Crippen molar-refractivity contribution in [2.24, 2.45) is 0 Å². The Labute approximate surface area is 193 Å². The van der Waals surface area contributed by atoms with Crippen LogP contribution in [0.4, 0.5) is 11.4 Å². The van der Waals surface area contributed by atoms with Crippen molar-refractivity contribution in [2.75, 3.05) is 4.90 Å². The van der Waals surface area contributed by atoms with Crippen molar-refractivity contribution in [1.29, 1.82) is 0 Å². The molecule has 5 rings (SSSR count). The van der Waals surface area contributed by atoms with Crippen LogP contribution in [0.2, 0.25) is 0 Å². The predicted octanol–water partition coefficient (Wildman–Crippen LogP) is 4.91. The summed E-state index contributed by atoms with van der Waals surface area (Å²) in [5.74, 6) is -1.70. The molecule has 1 heterocycles. The van der Waals surface area contributed by atoms with Crippen LogP contribution >= 0.6 is 0 Å². The van der Waals surface area contributed by atoms with Gasteiger partial charge in [-0.2, -0.15) is 0 Å². The normalized spacial score (nSPS) is 12.6. The average molecular weight is 452 g/mol. The van der Waals surface area contributed by atoms with Crippen molar-refractivity contribution in [2.45, 2.75) is 6.61 Å². The topological polar surface area (TPSA) is 107 Å². The monoisotopic (exact) mass is 452 g/mol. The summed E-state index contributed by atoms with van der Waals surface area (Å²) in [5, 5.41) is 12.6. The summed E-state index contributed by atoms with van der Waals surface area (Å²) in [6.45, 7) is -0.174. The molecule has 166 valence electrons. The van der Waals surface area contributed by atoms with Crippen LogP contribution in [0.5, 0.6) is 0 Å². The molecule has 0 radical (unpaired) electrons. The van der Waals surface area contributed by atoms with Crippen LogP contribution in [0.1, 0.15) is 36.6 Å². The molecule has 4 aromatic carbocycles. The maximum Gasteiger partial charge on any atom is 0.338 e. The van der Waals surface area contributed by atoms with Gasteiger partial charge in [-0.05, 0) is 35.2 Å². The first-order valence-electron chi connectivity index (χ1n) is 10.3. The second-order valence-corrected chi connectivity index (χ2v) is 7.71. The average Bonchev–Trinajstić information content (AvgIpc) is 3.11. The van der Waals surface area contributed by atoms with Gasteiger partial charge in [0.2, 0.25) is 0 Å². The second kappa shape index (κ2) is 8.25. The number of nitro groups is 1. The maximum absolute atomic E-state index is 13.2. The van der Waals surface area contributed by atoms with E-state index in [2.05, 4.69) is 0 Å². The Morgan fingerprint density at radius 3 is 2.41 bits per heavy atom. The number of rotatable bonds is 5. The van der Waals surface area contributed by atoms with Crippen molar-refractivity contribution in [3.63, 3.8) is 0 Å². The van der Waals surface area contributed by atoms with Gasteiger partial charge in [0.1, 0.15) is 6.61 Å². The molecule has 2 amide bonds. The molecule has 0 aliphatic carbocycles. The van der Waals surface area contributed by atoms with E-state index in [9.17, 15) is 24.5 Å². The van der Waals surface area contributed by atoms with Crippen molar-refractivity contribution < 1.29 is 24.0 Å². The van der Waals surface area contributed by atoms with Gasteiger partial charge in [-0.25, -0.2) is 9.69 Å². The highest BCUT2D eigenvalue weighted by molar-refractivity contribution is 6.36. The fourth-order valence-electron chi connectivity index (χ4n) is 3.98. The van der Waals surface area contributed by atoms with Crippen molar-refractivity contribution >= 4 is 39.9 Å². The first-order valence-corrected chi connectivity index (χ1v) is 10.3. The smallest absolute Gasteiger partial charge is 0.338 e. The van der Waals surface area contributed by atoms with Gasteiger partial charge in [-0.15, -0.1) is 0 Å². The number of carbonyl (C=O) groups is 3.